The van der Waals surface area contributed by atoms with E-state index in [2.05, 4.69) is 10.8 Å². The molecule has 1 N–H and O–H groups in total. The predicted octanol–water partition coefficient (Wildman–Crippen LogP) is 3.23. The molecule has 1 fully saturated rings. The largest absolute Gasteiger partial charge is 0.241 e. The Morgan fingerprint density at radius 3 is 2.15 bits per heavy atom. The van der Waals surface area contributed by atoms with Crippen LogP contribution < -0.4 is 4.72 Å². The van der Waals surface area contributed by atoms with Crippen LogP contribution in [0.15, 0.2) is 29.2 Å². The average molecular weight is 313 g/mol. The van der Waals surface area contributed by atoms with Crippen LogP contribution in [0.1, 0.15) is 38.5 Å². The van der Waals surface area contributed by atoms with Gasteiger partial charge in [0, 0.05) is 5.02 Å². The van der Waals surface area contributed by atoms with Crippen LogP contribution in [0.4, 0.5) is 0 Å². The summed E-state index contributed by atoms with van der Waals surface area (Å²) in [5.41, 5.74) is -0.977. The fourth-order valence-electron chi connectivity index (χ4n) is 2.50. The average Bonchev–Trinajstić information content (AvgIpc) is 2.65. The van der Waals surface area contributed by atoms with Crippen LogP contribution in [0, 0.1) is 11.3 Å². The van der Waals surface area contributed by atoms with E-state index in [0.717, 1.165) is 25.7 Å². The van der Waals surface area contributed by atoms with Gasteiger partial charge in [-0.25, -0.2) is 8.42 Å². The minimum absolute atomic E-state index is 0.140. The van der Waals surface area contributed by atoms with E-state index in [1.165, 1.54) is 24.3 Å². The maximum atomic E-state index is 12.4. The van der Waals surface area contributed by atoms with Crippen molar-refractivity contribution in [1.82, 2.24) is 4.72 Å². The molecule has 1 aromatic carbocycles. The summed E-state index contributed by atoms with van der Waals surface area (Å²) in [6.45, 7) is 0. The molecule has 6 heteroatoms. The molecule has 0 spiro atoms. The van der Waals surface area contributed by atoms with E-state index in [0.29, 0.717) is 17.9 Å². The number of sulfonamides is 1. The lowest BCUT2D eigenvalue weighted by molar-refractivity contribution is 0.422. The molecule has 0 radical (unpaired) electrons. The highest BCUT2D eigenvalue weighted by Crippen LogP contribution is 2.28. The Kier molecular flexibility index (Phi) is 4.69. The first-order valence-corrected chi connectivity index (χ1v) is 8.54. The molecule has 0 heterocycles. The van der Waals surface area contributed by atoms with E-state index < -0.39 is 15.6 Å². The zero-order valence-electron chi connectivity index (χ0n) is 11.1. The second-order valence-electron chi connectivity index (χ2n) is 5.17. The van der Waals surface area contributed by atoms with Gasteiger partial charge >= 0.3 is 0 Å². The molecule has 1 aliphatic carbocycles. The Hall–Kier alpha value is -1.09. The number of nitrogens with one attached hydrogen (secondary N) is 1. The summed E-state index contributed by atoms with van der Waals surface area (Å²) in [5, 5.41) is 9.90. The Labute approximate surface area is 124 Å². The van der Waals surface area contributed by atoms with Crippen molar-refractivity contribution >= 4 is 21.6 Å². The molecule has 0 bridgehead atoms. The lowest BCUT2D eigenvalue weighted by atomic mass is 9.94. The summed E-state index contributed by atoms with van der Waals surface area (Å²) >= 11 is 5.76. The first-order valence-electron chi connectivity index (χ1n) is 6.68. The monoisotopic (exact) mass is 312 g/mol. The Morgan fingerprint density at radius 1 is 1.10 bits per heavy atom. The first kappa shape index (κ1) is 15.3. The normalized spacial score (nSPS) is 19.0. The minimum Gasteiger partial charge on any atom is -0.207 e. The van der Waals surface area contributed by atoms with E-state index in [-0.39, 0.29) is 4.90 Å². The van der Waals surface area contributed by atoms with Gasteiger partial charge in [-0.05, 0) is 37.1 Å². The van der Waals surface area contributed by atoms with Crippen LogP contribution in [-0.2, 0) is 10.0 Å². The first-order chi connectivity index (χ1) is 9.47. The number of benzene rings is 1. The molecule has 0 aromatic heterocycles. The zero-order valence-corrected chi connectivity index (χ0v) is 12.7. The van der Waals surface area contributed by atoms with Crippen molar-refractivity contribution in [2.24, 2.45) is 0 Å². The summed E-state index contributed by atoms with van der Waals surface area (Å²) in [6, 6.07) is 8.14. The number of nitrogens with zero attached hydrogens (tertiary/aromatic N) is 1. The van der Waals surface area contributed by atoms with Crippen LogP contribution in [0.3, 0.4) is 0 Å². The van der Waals surface area contributed by atoms with Crippen molar-refractivity contribution in [3.05, 3.63) is 29.3 Å². The molecule has 1 aromatic rings. The Balaban J connectivity index is 2.26. The fourth-order valence-corrected chi connectivity index (χ4v) is 4.00. The van der Waals surface area contributed by atoms with Crippen LogP contribution in [0.5, 0.6) is 0 Å². The second kappa shape index (κ2) is 6.13. The predicted molar refractivity (Wildman–Crippen MR) is 77.8 cm³/mol. The fraction of sp³-hybridized carbons (Fsp3) is 0.500. The van der Waals surface area contributed by atoms with Gasteiger partial charge in [0.25, 0.3) is 0 Å². The molecule has 1 saturated carbocycles. The van der Waals surface area contributed by atoms with Gasteiger partial charge in [0.15, 0.2) is 0 Å². The summed E-state index contributed by atoms with van der Waals surface area (Å²) < 4.78 is 27.4. The molecule has 0 aliphatic heterocycles. The van der Waals surface area contributed by atoms with Gasteiger partial charge in [-0.3, -0.25) is 0 Å². The maximum absolute atomic E-state index is 12.4. The zero-order chi connectivity index (χ0) is 14.6. The van der Waals surface area contributed by atoms with Crippen molar-refractivity contribution in [1.29, 1.82) is 5.26 Å². The standard InChI is InChI=1S/C14H17ClN2O2S/c15-12-5-7-13(8-6-12)20(18,19)17-14(11-16)9-3-1-2-4-10-14/h5-8,17H,1-4,9-10H2. The van der Waals surface area contributed by atoms with Gasteiger partial charge in [-0.1, -0.05) is 37.3 Å². The van der Waals surface area contributed by atoms with Gasteiger partial charge in [0.05, 0.1) is 11.0 Å². The molecule has 0 amide bonds. The minimum atomic E-state index is -3.69. The molecule has 1 aliphatic rings. The van der Waals surface area contributed by atoms with Gasteiger partial charge in [-0.15, -0.1) is 0 Å². The third-order valence-electron chi connectivity index (χ3n) is 3.62. The van der Waals surface area contributed by atoms with E-state index in [1.807, 2.05) is 0 Å². The highest BCUT2D eigenvalue weighted by molar-refractivity contribution is 7.89. The SMILES string of the molecule is N#CC1(NS(=O)(=O)c2ccc(Cl)cc2)CCCCCC1. The lowest BCUT2D eigenvalue weighted by Crippen LogP contribution is -2.46. The van der Waals surface area contributed by atoms with E-state index >= 15 is 0 Å². The Morgan fingerprint density at radius 2 is 1.65 bits per heavy atom. The highest BCUT2D eigenvalue weighted by atomic mass is 35.5. The highest BCUT2D eigenvalue weighted by Gasteiger charge is 2.35. The molecule has 20 heavy (non-hydrogen) atoms. The van der Waals surface area contributed by atoms with Crippen LogP contribution >= 0.6 is 11.6 Å². The number of rotatable bonds is 3. The molecule has 0 unspecified atom stereocenters. The van der Waals surface area contributed by atoms with Crippen molar-refractivity contribution in [2.75, 3.05) is 0 Å². The Bertz CT molecular complexity index is 597. The maximum Gasteiger partial charge on any atom is 0.241 e. The number of nitriles is 1. The summed E-state index contributed by atoms with van der Waals surface area (Å²) in [5.74, 6) is 0. The van der Waals surface area contributed by atoms with Crippen molar-refractivity contribution < 1.29 is 8.42 Å². The molecule has 0 saturated heterocycles. The second-order valence-corrected chi connectivity index (χ2v) is 7.29. The van der Waals surface area contributed by atoms with E-state index in [1.54, 1.807) is 0 Å². The summed E-state index contributed by atoms with van der Waals surface area (Å²) in [6.07, 6.45) is 4.97. The quantitative estimate of drug-likeness (QED) is 0.871. The van der Waals surface area contributed by atoms with Crippen LogP contribution in [0.2, 0.25) is 5.02 Å². The van der Waals surface area contributed by atoms with Crippen LogP contribution in [-0.4, -0.2) is 14.0 Å². The van der Waals surface area contributed by atoms with Gasteiger partial charge < -0.3 is 0 Å². The van der Waals surface area contributed by atoms with Crippen molar-refractivity contribution in [3.63, 3.8) is 0 Å². The van der Waals surface area contributed by atoms with Crippen LogP contribution in [0.25, 0.3) is 0 Å². The molecule has 4 nitrogen and oxygen atoms in total. The van der Waals surface area contributed by atoms with Gasteiger partial charge in [0.2, 0.25) is 10.0 Å². The third kappa shape index (κ3) is 3.51. The van der Waals surface area contributed by atoms with Crippen molar-refractivity contribution in [2.45, 2.75) is 49.0 Å². The smallest absolute Gasteiger partial charge is 0.207 e. The van der Waals surface area contributed by atoms with E-state index in [4.69, 9.17) is 11.6 Å². The van der Waals surface area contributed by atoms with Crippen molar-refractivity contribution in [3.8, 4) is 6.07 Å². The molecule has 108 valence electrons. The number of hydrogen-bond donors (Lipinski definition) is 1. The third-order valence-corrected chi connectivity index (χ3v) is 5.43. The number of halogens is 1. The molecule has 0 atom stereocenters. The molecular formula is C14H17ClN2O2S. The summed E-state index contributed by atoms with van der Waals surface area (Å²) in [7, 11) is -3.69. The topological polar surface area (TPSA) is 70.0 Å². The lowest BCUT2D eigenvalue weighted by Gasteiger charge is -2.25. The molecular weight excluding hydrogens is 296 g/mol. The van der Waals surface area contributed by atoms with Gasteiger partial charge in [0.1, 0.15) is 5.54 Å². The summed E-state index contributed by atoms with van der Waals surface area (Å²) in [4.78, 5) is 0.140. The molecule has 2 rings (SSSR count). The van der Waals surface area contributed by atoms with E-state index in [9.17, 15) is 13.7 Å². The number of hydrogen-bond acceptors (Lipinski definition) is 3. The van der Waals surface area contributed by atoms with Gasteiger partial charge in [-0.2, -0.15) is 9.98 Å².